The summed E-state index contributed by atoms with van der Waals surface area (Å²) in [6.45, 7) is 1.25. The minimum absolute atomic E-state index is 0.157. The Morgan fingerprint density at radius 3 is 2.25 bits per heavy atom. The molecule has 0 saturated heterocycles. The van der Waals surface area contributed by atoms with E-state index in [1.807, 2.05) is 84.9 Å². The highest BCUT2D eigenvalue weighted by molar-refractivity contribution is 5.94. The standard InChI is InChI=1S/C27H24N2O3/c30-27(23-11-7-14-26(17-23)31-19-21-8-2-1-3-9-21)29-18-22-10-6-13-25(16-22)32-20-24-12-4-5-15-28-24/h1-17H,18-20H2,(H,29,30). The lowest BCUT2D eigenvalue weighted by atomic mass is 10.1. The number of rotatable bonds is 9. The number of hydrogen-bond acceptors (Lipinski definition) is 4. The first-order chi connectivity index (χ1) is 15.8. The van der Waals surface area contributed by atoms with Crippen LogP contribution in [-0.2, 0) is 19.8 Å². The molecule has 32 heavy (non-hydrogen) atoms. The molecule has 5 nitrogen and oxygen atoms in total. The van der Waals surface area contributed by atoms with Crippen molar-refractivity contribution in [3.05, 3.63) is 126 Å². The van der Waals surface area contributed by atoms with E-state index in [1.165, 1.54) is 0 Å². The van der Waals surface area contributed by atoms with Gasteiger partial charge in [-0.15, -0.1) is 0 Å². The minimum Gasteiger partial charge on any atom is -0.489 e. The van der Waals surface area contributed by atoms with Crippen LogP contribution >= 0.6 is 0 Å². The van der Waals surface area contributed by atoms with Crippen LogP contribution in [0.1, 0.15) is 27.2 Å². The molecular formula is C27H24N2O3. The maximum Gasteiger partial charge on any atom is 0.251 e. The number of amides is 1. The number of carbonyl (C=O) groups excluding carboxylic acids is 1. The van der Waals surface area contributed by atoms with Crippen molar-refractivity contribution in [3.63, 3.8) is 0 Å². The second-order valence-electron chi connectivity index (χ2n) is 7.24. The Hall–Kier alpha value is -4.12. The van der Waals surface area contributed by atoms with Crippen molar-refractivity contribution in [1.29, 1.82) is 0 Å². The highest BCUT2D eigenvalue weighted by Gasteiger charge is 2.08. The summed E-state index contributed by atoms with van der Waals surface area (Å²) in [6.07, 6.45) is 1.74. The van der Waals surface area contributed by atoms with Crippen LogP contribution in [0.3, 0.4) is 0 Å². The van der Waals surface area contributed by atoms with Crippen molar-refractivity contribution in [2.45, 2.75) is 19.8 Å². The van der Waals surface area contributed by atoms with Gasteiger partial charge in [-0.2, -0.15) is 0 Å². The maximum absolute atomic E-state index is 12.6. The average molecular weight is 425 g/mol. The van der Waals surface area contributed by atoms with Gasteiger partial charge in [-0.05, 0) is 53.6 Å². The number of aromatic nitrogens is 1. The molecule has 4 rings (SSSR count). The molecule has 0 bridgehead atoms. The first-order valence-corrected chi connectivity index (χ1v) is 10.4. The summed E-state index contributed by atoms with van der Waals surface area (Å²) >= 11 is 0. The molecule has 0 aliphatic rings. The van der Waals surface area contributed by atoms with Crippen LogP contribution in [0.25, 0.3) is 0 Å². The molecule has 1 amide bonds. The van der Waals surface area contributed by atoms with Gasteiger partial charge in [0.2, 0.25) is 0 Å². The van der Waals surface area contributed by atoms with Gasteiger partial charge in [-0.25, -0.2) is 0 Å². The quantitative estimate of drug-likeness (QED) is 0.403. The zero-order valence-electron chi connectivity index (χ0n) is 17.6. The molecule has 4 aromatic rings. The number of hydrogen-bond donors (Lipinski definition) is 1. The SMILES string of the molecule is O=C(NCc1cccc(OCc2ccccn2)c1)c1cccc(OCc2ccccc2)c1. The predicted octanol–water partition coefficient (Wildman–Crippen LogP) is 5.17. The molecule has 0 spiro atoms. The molecule has 0 radical (unpaired) electrons. The van der Waals surface area contributed by atoms with Gasteiger partial charge in [0.1, 0.15) is 24.7 Å². The Bertz CT molecular complexity index is 1150. The Kier molecular flexibility index (Phi) is 7.11. The summed E-state index contributed by atoms with van der Waals surface area (Å²) in [7, 11) is 0. The third-order valence-electron chi connectivity index (χ3n) is 4.81. The number of carbonyl (C=O) groups is 1. The van der Waals surface area contributed by atoms with E-state index in [9.17, 15) is 4.79 Å². The zero-order chi connectivity index (χ0) is 22.0. The van der Waals surface area contributed by atoms with Crippen molar-refractivity contribution in [2.75, 3.05) is 0 Å². The molecule has 160 valence electrons. The monoisotopic (exact) mass is 424 g/mol. The summed E-state index contributed by atoms with van der Waals surface area (Å²) < 4.78 is 11.6. The second-order valence-corrected chi connectivity index (χ2v) is 7.24. The average Bonchev–Trinajstić information content (AvgIpc) is 2.86. The van der Waals surface area contributed by atoms with Gasteiger partial charge in [-0.3, -0.25) is 9.78 Å². The normalized spacial score (nSPS) is 10.4. The van der Waals surface area contributed by atoms with E-state index in [1.54, 1.807) is 18.3 Å². The van der Waals surface area contributed by atoms with Gasteiger partial charge in [0.15, 0.2) is 0 Å². The smallest absolute Gasteiger partial charge is 0.251 e. The van der Waals surface area contributed by atoms with Crippen LogP contribution in [0, 0.1) is 0 Å². The molecule has 0 aliphatic heterocycles. The Balaban J connectivity index is 1.30. The van der Waals surface area contributed by atoms with E-state index in [2.05, 4.69) is 10.3 Å². The molecule has 1 heterocycles. The number of nitrogens with one attached hydrogen (secondary N) is 1. The summed E-state index contributed by atoms with van der Waals surface area (Å²) in [4.78, 5) is 16.9. The van der Waals surface area contributed by atoms with Crippen molar-refractivity contribution in [2.24, 2.45) is 0 Å². The van der Waals surface area contributed by atoms with Gasteiger partial charge in [-0.1, -0.05) is 54.6 Å². The lowest BCUT2D eigenvalue weighted by Gasteiger charge is -2.10. The number of benzene rings is 3. The first-order valence-electron chi connectivity index (χ1n) is 10.4. The third-order valence-corrected chi connectivity index (χ3v) is 4.81. The molecule has 3 aromatic carbocycles. The van der Waals surface area contributed by atoms with Crippen LogP contribution in [0.2, 0.25) is 0 Å². The summed E-state index contributed by atoms with van der Waals surface area (Å²) in [6, 6.07) is 30.5. The largest absolute Gasteiger partial charge is 0.489 e. The molecule has 0 fully saturated rings. The van der Waals surface area contributed by atoms with Gasteiger partial charge in [0.25, 0.3) is 5.91 Å². The van der Waals surface area contributed by atoms with Crippen molar-refractivity contribution in [3.8, 4) is 11.5 Å². The van der Waals surface area contributed by atoms with Gasteiger partial charge >= 0.3 is 0 Å². The fraction of sp³-hybridized carbons (Fsp3) is 0.111. The highest BCUT2D eigenvalue weighted by atomic mass is 16.5. The van der Waals surface area contributed by atoms with Crippen LogP contribution in [0.5, 0.6) is 11.5 Å². The van der Waals surface area contributed by atoms with Crippen molar-refractivity contribution < 1.29 is 14.3 Å². The maximum atomic E-state index is 12.6. The fourth-order valence-electron chi connectivity index (χ4n) is 3.14. The second kappa shape index (κ2) is 10.8. The molecular weight excluding hydrogens is 400 g/mol. The van der Waals surface area contributed by atoms with Crippen molar-refractivity contribution in [1.82, 2.24) is 10.3 Å². The lowest BCUT2D eigenvalue weighted by molar-refractivity contribution is 0.0950. The summed E-state index contributed by atoms with van der Waals surface area (Å²) in [5.41, 5.74) is 3.44. The van der Waals surface area contributed by atoms with Crippen LogP contribution in [0.4, 0.5) is 0 Å². The van der Waals surface area contributed by atoms with E-state index >= 15 is 0 Å². The van der Waals surface area contributed by atoms with Crippen LogP contribution in [0.15, 0.2) is 103 Å². The number of nitrogens with zero attached hydrogens (tertiary/aromatic N) is 1. The third kappa shape index (κ3) is 6.19. The molecule has 1 N–H and O–H groups in total. The van der Waals surface area contributed by atoms with E-state index in [4.69, 9.17) is 9.47 Å². The van der Waals surface area contributed by atoms with Gasteiger partial charge < -0.3 is 14.8 Å². The first kappa shape index (κ1) is 21.1. The number of ether oxygens (including phenoxy) is 2. The minimum atomic E-state index is -0.157. The topological polar surface area (TPSA) is 60.5 Å². The van der Waals surface area contributed by atoms with Crippen molar-refractivity contribution >= 4 is 5.91 Å². The van der Waals surface area contributed by atoms with E-state index in [-0.39, 0.29) is 5.91 Å². The summed E-state index contributed by atoms with van der Waals surface area (Å²) in [5, 5.41) is 2.95. The number of pyridine rings is 1. The van der Waals surface area contributed by atoms with E-state index in [0.29, 0.717) is 31.1 Å². The Labute approximate surface area is 187 Å². The van der Waals surface area contributed by atoms with Gasteiger partial charge in [0, 0.05) is 18.3 Å². The summed E-state index contributed by atoms with van der Waals surface area (Å²) in [5.74, 6) is 1.24. The highest BCUT2D eigenvalue weighted by Crippen LogP contribution is 2.17. The molecule has 1 aromatic heterocycles. The Morgan fingerprint density at radius 2 is 1.44 bits per heavy atom. The van der Waals surface area contributed by atoms with Crippen LogP contribution in [-0.4, -0.2) is 10.9 Å². The lowest BCUT2D eigenvalue weighted by Crippen LogP contribution is -2.22. The van der Waals surface area contributed by atoms with Crippen LogP contribution < -0.4 is 14.8 Å². The molecule has 0 unspecified atom stereocenters. The molecule has 0 atom stereocenters. The van der Waals surface area contributed by atoms with Gasteiger partial charge in [0.05, 0.1) is 5.69 Å². The molecule has 0 saturated carbocycles. The zero-order valence-corrected chi connectivity index (χ0v) is 17.6. The molecule has 5 heteroatoms. The Morgan fingerprint density at radius 1 is 0.719 bits per heavy atom. The molecule has 0 aliphatic carbocycles. The fourth-order valence-corrected chi connectivity index (χ4v) is 3.14. The van der Waals surface area contributed by atoms with E-state index < -0.39 is 0 Å². The van der Waals surface area contributed by atoms with E-state index in [0.717, 1.165) is 22.6 Å². The predicted molar refractivity (Wildman–Crippen MR) is 123 cm³/mol.